The third-order valence-electron chi connectivity index (χ3n) is 4.11. The molecule has 0 bridgehead atoms. The summed E-state index contributed by atoms with van der Waals surface area (Å²) in [6.07, 6.45) is 0.886. The van der Waals surface area contributed by atoms with Crippen molar-refractivity contribution in [2.24, 2.45) is 0 Å². The molecular formula is C15H23NO3. The van der Waals surface area contributed by atoms with Crippen LogP contribution in [0.15, 0.2) is 18.2 Å². The Hall–Kier alpha value is -1.26. The molecule has 1 N–H and O–H groups in total. The van der Waals surface area contributed by atoms with E-state index in [0.717, 1.165) is 23.5 Å². The Morgan fingerprint density at radius 1 is 1.42 bits per heavy atom. The minimum Gasteiger partial charge on any atom is -0.497 e. The maximum atomic E-state index is 6.18. The van der Waals surface area contributed by atoms with Gasteiger partial charge < -0.3 is 19.5 Å². The molecule has 3 unspecified atom stereocenters. The summed E-state index contributed by atoms with van der Waals surface area (Å²) < 4.78 is 16.9. The van der Waals surface area contributed by atoms with E-state index in [9.17, 15) is 0 Å². The fourth-order valence-corrected chi connectivity index (χ4v) is 2.58. The number of nitrogens with one attached hydrogen (secondary N) is 1. The second-order valence-corrected chi connectivity index (χ2v) is 5.24. The van der Waals surface area contributed by atoms with E-state index in [4.69, 9.17) is 14.2 Å². The lowest BCUT2D eigenvalue weighted by molar-refractivity contribution is -0.0727. The molecule has 1 heterocycles. The predicted octanol–water partition coefficient (Wildman–Crippen LogP) is 2.53. The minimum atomic E-state index is -0.329. The van der Waals surface area contributed by atoms with Crippen molar-refractivity contribution >= 4 is 0 Å². The Kier molecular flexibility index (Phi) is 4.02. The van der Waals surface area contributed by atoms with E-state index in [1.807, 2.05) is 32.2 Å². The van der Waals surface area contributed by atoms with Crippen LogP contribution in [0, 0.1) is 0 Å². The Bertz CT molecular complexity index is 449. The van der Waals surface area contributed by atoms with Crippen molar-refractivity contribution in [3.05, 3.63) is 23.8 Å². The van der Waals surface area contributed by atoms with Gasteiger partial charge in [-0.25, -0.2) is 0 Å². The fraction of sp³-hybridized carbons (Fsp3) is 0.600. The summed E-state index contributed by atoms with van der Waals surface area (Å²) in [7, 11) is 5.37. The molecule has 0 fully saturated rings. The first kappa shape index (κ1) is 14.2. The molecule has 1 aliphatic heterocycles. The lowest BCUT2D eigenvalue weighted by Gasteiger charge is -2.42. The van der Waals surface area contributed by atoms with Crippen molar-refractivity contribution in [1.82, 2.24) is 5.32 Å². The molecule has 0 aromatic heterocycles. The molecule has 1 aromatic carbocycles. The van der Waals surface area contributed by atoms with Crippen LogP contribution in [-0.2, 0) is 4.74 Å². The fourth-order valence-electron chi connectivity index (χ4n) is 2.58. The van der Waals surface area contributed by atoms with Gasteiger partial charge in [-0.15, -0.1) is 0 Å². The Labute approximate surface area is 115 Å². The summed E-state index contributed by atoms with van der Waals surface area (Å²) in [4.78, 5) is 0. The second-order valence-electron chi connectivity index (χ2n) is 5.24. The van der Waals surface area contributed by atoms with E-state index in [1.54, 1.807) is 14.2 Å². The van der Waals surface area contributed by atoms with E-state index in [0.29, 0.717) is 0 Å². The zero-order chi connectivity index (χ0) is 14.0. The zero-order valence-corrected chi connectivity index (χ0v) is 12.3. The van der Waals surface area contributed by atoms with Crippen molar-refractivity contribution in [1.29, 1.82) is 0 Å². The number of fused-ring (bicyclic) bond motifs is 1. The highest BCUT2D eigenvalue weighted by Gasteiger charge is 2.41. The van der Waals surface area contributed by atoms with Gasteiger partial charge in [0.1, 0.15) is 17.1 Å². The van der Waals surface area contributed by atoms with Gasteiger partial charge in [0.05, 0.1) is 13.2 Å². The summed E-state index contributed by atoms with van der Waals surface area (Å²) in [6.45, 7) is 4.14. The molecule has 3 atom stereocenters. The number of hydrogen-bond acceptors (Lipinski definition) is 4. The van der Waals surface area contributed by atoms with E-state index >= 15 is 0 Å². The zero-order valence-electron chi connectivity index (χ0n) is 12.3. The van der Waals surface area contributed by atoms with Gasteiger partial charge in [0.2, 0.25) is 0 Å². The molecule has 0 spiro atoms. The molecule has 0 saturated heterocycles. The topological polar surface area (TPSA) is 39.7 Å². The molecular weight excluding hydrogens is 242 g/mol. The Morgan fingerprint density at radius 2 is 2.16 bits per heavy atom. The third kappa shape index (κ3) is 2.55. The lowest BCUT2D eigenvalue weighted by atomic mass is 9.85. The Balaban J connectivity index is 2.38. The molecule has 0 radical (unpaired) electrons. The molecule has 4 nitrogen and oxygen atoms in total. The van der Waals surface area contributed by atoms with Gasteiger partial charge in [-0.3, -0.25) is 0 Å². The molecule has 0 saturated carbocycles. The van der Waals surface area contributed by atoms with Crippen molar-refractivity contribution in [3.63, 3.8) is 0 Å². The van der Waals surface area contributed by atoms with Crippen LogP contribution in [0.25, 0.3) is 0 Å². The van der Waals surface area contributed by atoms with Gasteiger partial charge in [-0.1, -0.05) is 0 Å². The quantitative estimate of drug-likeness (QED) is 0.908. The lowest BCUT2D eigenvalue weighted by Crippen LogP contribution is -2.49. The summed E-state index contributed by atoms with van der Waals surface area (Å²) in [5.74, 6) is 1.75. The summed E-state index contributed by atoms with van der Waals surface area (Å²) in [6, 6.07) is 6.17. The molecule has 2 rings (SSSR count). The van der Waals surface area contributed by atoms with Gasteiger partial charge in [0.15, 0.2) is 0 Å². The molecule has 0 amide bonds. The van der Waals surface area contributed by atoms with Crippen LogP contribution in [-0.4, -0.2) is 33.0 Å². The van der Waals surface area contributed by atoms with Crippen LogP contribution >= 0.6 is 0 Å². The Morgan fingerprint density at radius 3 is 2.74 bits per heavy atom. The summed E-state index contributed by atoms with van der Waals surface area (Å²) >= 11 is 0. The maximum absolute atomic E-state index is 6.18. The number of hydrogen-bond donors (Lipinski definition) is 1. The average molecular weight is 265 g/mol. The van der Waals surface area contributed by atoms with Gasteiger partial charge in [0, 0.05) is 25.1 Å². The molecule has 0 aliphatic carbocycles. The van der Waals surface area contributed by atoms with E-state index < -0.39 is 0 Å². The number of rotatable bonds is 4. The highest BCUT2D eigenvalue weighted by molar-refractivity contribution is 5.44. The van der Waals surface area contributed by atoms with Crippen molar-refractivity contribution in [2.75, 3.05) is 21.3 Å². The maximum Gasteiger partial charge on any atom is 0.134 e. The molecule has 1 aliphatic rings. The predicted molar refractivity (Wildman–Crippen MR) is 74.9 cm³/mol. The molecule has 4 heteroatoms. The smallest absolute Gasteiger partial charge is 0.134 e. The van der Waals surface area contributed by atoms with Crippen molar-refractivity contribution < 1.29 is 14.2 Å². The first-order chi connectivity index (χ1) is 9.04. The van der Waals surface area contributed by atoms with Crippen LogP contribution < -0.4 is 14.8 Å². The highest BCUT2D eigenvalue weighted by Crippen LogP contribution is 2.42. The van der Waals surface area contributed by atoms with Gasteiger partial charge >= 0.3 is 0 Å². The molecule has 1 aromatic rings. The van der Waals surface area contributed by atoms with Gasteiger partial charge in [0.25, 0.3) is 0 Å². The van der Waals surface area contributed by atoms with E-state index in [-0.39, 0.29) is 17.7 Å². The van der Waals surface area contributed by atoms with Crippen LogP contribution in [0.3, 0.4) is 0 Å². The van der Waals surface area contributed by atoms with Crippen LogP contribution in [0.2, 0.25) is 0 Å². The molecule has 19 heavy (non-hydrogen) atoms. The minimum absolute atomic E-state index is 0.0265. The van der Waals surface area contributed by atoms with Gasteiger partial charge in [-0.2, -0.15) is 0 Å². The number of ether oxygens (including phenoxy) is 3. The number of methoxy groups -OCH3 is 2. The van der Waals surface area contributed by atoms with Crippen LogP contribution in [0.1, 0.15) is 31.9 Å². The van der Waals surface area contributed by atoms with Crippen molar-refractivity contribution in [2.45, 2.75) is 38.0 Å². The largest absolute Gasteiger partial charge is 0.497 e. The summed E-state index contributed by atoms with van der Waals surface area (Å²) in [5, 5.41) is 3.35. The van der Waals surface area contributed by atoms with Crippen LogP contribution in [0.4, 0.5) is 0 Å². The first-order valence-corrected chi connectivity index (χ1v) is 6.61. The standard InChI is InChI=1S/C15H23NO3/c1-10(17-4)15(2)9-13(16-3)12-8-11(18-5)6-7-14(12)19-15/h6-8,10,13,16H,9H2,1-5H3. The normalized spacial score (nSPS) is 27.3. The van der Waals surface area contributed by atoms with Crippen LogP contribution in [0.5, 0.6) is 11.5 Å². The monoisotopic (exact) mass is 265 g/mol. The van der Waals surface area contributed by atoms with Crippen molar-refractivity contribution in [3.8, 4) is 11.5 Å². The first-order valence-electron chi connectivity index (χ1n) is 6.61. The van der Waals surface area contributed by atoms with E-state index in [1.165, 1.54) is 0 Å². The summed E-state index contributed by atoms with van der Waals surface area (Å²) in [5.41, 5.74) is 0.812. The van der Waals surface area contributed by atoms with E-state index in [2.05, 4.69) is 12.2 Å². The SMILES string of the molecule is CNC1CC(C)(C(C)OC)Oc2ccc(OC)cc21. The average Bonchev–Trinajstić information content (AvgIpc) is 2.44. The number of benzene rings is 1. The van der Waals surface area contributed by atoms with Gasteiger partial charge in [-0.05, 0) is 39.1 Å². The molecule has 106 valence electrons. The third-order valence-corrected chi connectivity index (χ3v) is 4.11. The highest BCUT2D eigenvalue weighted by atomic mass is 16.5. The second kappa shape index (κ2) is 5.39.